The predicted octanol–water partition coefficient (Wildman–Crippen LogP) is 0.759. The number of pyridine rings is 1. The molecule has 2 rings (SSSR count). The molecule has 80 valence electrons. The minimum absolute atomic E-state index is 0. The highest BCUT2D eigenvalue weighted by molar-refractivity contribution is 5.85. The van der Waals surface area contributed by atoms with E-state index in [0.29, 0.717) is 16.8 Å². The molecule has 0 fully saturated rings. The van der Waals surface area contributed by atoms with E-state index in [1.165, 1.54) is 11.8 Å². The number of methoxy groups -OCH3 is 1. The molecule has 0 radical (unpaired) electrons. The van der Waals surface area contributed by atoms with Gasteiger partial charge in [0.2, 0.25) is 0 Å². The Labute approximate surface area is 92.1 Å². The first kappa shape index (κ1) is 11.5. The van der Waals surface area contributed by atoms with Crippen molar-refractivity contribution in [2.75, 3.05) is 7.11 Å². The molecule has 0 aromatic carbocycles. The maximum Gasteiger partial charge on any atom is 0.276 e. The maximum absolute atomic E-state index is 11.6. The van der Waals surface area contributed by atoms with Gasteiger partial charge >= 0.3 is 0 Å². The van der Waals surface area contributed by atoms with Gasteiger partial charge in [0.15, 0.2) is 0 Å². The van der Waals surface area contributed by atoms with Gasteiger partial charge in [0.05, 0.1) is 12.5 Å². The zero-order valence-electron chi connectivity index (χ0n) is 8.30. The molecule has 0 amide bonds. The molecule has 0 aliphatic heterocycles. The fourth-order valence-electron chi connectivity index (χ4n) is 1.29. The lowest BCUT2D eigenvalue weighted by molar-refractivity contribution is 0.387. The molecule has 2 aromatic rings. The second kappa shape index (κ2) is 4.27. The van der Waals surface area contributed by atoms with Crippen LogP contribution in [0.1, 0.15) is 0 Å². The van der Waals surface area contributed by atoms with E-state index in [0.717, 1.165) is 0 Å². The van der Waals surface area contributed by atoms with Crippen molar-refractivity contribution >= 4 is 23.3 Å². The average Bonchev–Trinajstić information content (AvgIpc) is 2.23. The van der Waals surface area contributed by atoms with Gasteiger partial charge in [-0.3, -0.25) is 9.78 Å². The third-order valence-electron chi connectivity index (χ3n) is 1.97. The Balaban J connectivity index is 0.00000112. The van der Waals surface area contributed by atoms with Crippen LogP contribution < -0.4 is 10.3 Å². The van der Waals surface area contributed by atoms with Crippen LogP contribution >= 0.6 is 12.4 Å². The molecular weight excluding hydrogens is 218 g/mol. The van der Waals surface area contributed by atoms with Crippen molar-refractivity contribution in [1.29, 1.82) is 0 Å². The second-order valence-corrected chi connectivity index (χ2v) is 2.84. The van der Waals surface area contributed by atoms with Crippen molar-refractivity contribution in [3.05, 3.63) is 28.7 Å². The lowest BCUT2D eigenvalue weighted by Gasteiger charge is -2.04. The molecule has 0 saturated carbocycles. The van der Waals surface area contributed by atoms with Crippen LogP contribution in [-0.4, -0.2) is 21.9 Å². The molecule has 5 nitrogen and oxygen atoms in total. The number of rotatable bonds is 1. The number of aromatic nitrogens is 3. The van der Waals surface area contributed by atoms with Crippen LogP contribution in [0.15, 0.2) is 23.1 Å². The second-order valence-electron chi connectivity index (χ2n) is 2.84. The van der Waals surface area contributed by atoms with Gasteiger partial charge in [-0.1, -0.05) is 0 Å². The molecule has 0 unspecified atom stereocenters. The van der Waals surface area contributed by atoms with Crippen molar-refractivity contribution in [1.82, 2.24) is 14.8 Å². The summed E-state index contributed by atoms with van der Waals surface area (Å²) in [6.07, 6.45) is 1.60. The molecule has 2 aromatic heterocycles. The van der Waals surface area contributed by atoms with Gasteiger partial charge < -0.3 is 4.74 Å². The zero-order chi connectivity index (χ0) is 10.1. The van der Waals surface area contributed by atoms with Crippen LogP contribution in [-0.2, 0) is 7.05 Å². The standard InChI is InChI=1S/C9H9N3O2.ClH/c1-12-9(13)6-4-3-5-10-7(6)8(11-12)14-2;/h3-5H,1-2H3;1H. The van der Waals surface area contributed by atoms with Gasteiger partial charge in [-0.2, -0.15) is 0 Å². The number of hydrogen-bond acceptors (Lipinski definition) is 4. The Kier molecular flexibility index (Phi) is 3.26. The van der Waals surface area contributed by atoms with Crippen molar-refractivity contribution in [2.24, 2.45) is 7.05 Å². The highest BCUT2D eigenvalue weighted by Crippen LogP contribution is 2.15. The third-order valence-corrected chi connectivity index (χ3v) is 1.97. The van der Waals surface area contributed by atoms with E-state index < -0.39 is 0 Å². The fourth-order valence-corrected chi connectivity index (χ4v) is 1.29. The quantitative estimate of drug-likeness (QED) is 0.722. The van der Waals surface area contributed by atoms with Gasteiger partial charge in [-0.05, 0) is 12.1 Å². The molecule has 15 heavy (non-hydrogen) atoms. The molecule has 0 N–H and O–H groups in total. The first-order valence-electron chi connectivity index (χ1n) is 4.10. The van der Waals surface area contributed by atoms with Gasteiger partial charge in [0, 0.05) is 13.2 Å². The van der Waals surface area contributed by atoms with E-state index in [4.69, 9.17) is 4.74 Å². The minimum atomic E-state index is -0.172. The van der Waals surface area contributed by atoms with Crippen molar-refractivity contribution in [3.8, 4) is 5.88 Å². The van der Waals surface area contributed by atoms with Crippen molar-refractivity contribution in [3.63, 3.8) is 0 Å². The Bertz CT molecular complexity index is 538. The monoisotopic (exact) mass is 227 g/mol. The number of nitrogens with zero attached hydrogens (tertiary/aromatic N) is 3. The van der Waals surface area contributed by atoms with Crippen LogP contribution in [0.2, 0.25) is 0 Å². The van der Waals surface area contributed by atoms with E-state index in [9.17, 15) is 4.79 Å². The van der Waals surface area contributed by atoms with E-state index in [-0.39, 0.29) is 18.0 Å². The summed E-state index contributed by atoms with van der Waals surface area (Å²) in [7, 11) is 3.08. The van der Waals surface area contributed by atoms with E-state index in [1.54, 1.807) is 25.4 Å². The Morgan fingerprint density at radius 3 is 2.87 bits per heavy atom. The first-order chi connectivity index (χ1) is 6.74. The maximum atomic E-state index is 11.6. The van der Waals surface area contributed by atoms with Crippen LogP contribution in [0.25, 0.3) is 10.9 Å². The predicted molar refractivity (Wildman–Crippen MR) is 58.6 cm³/mol. The molecule has 2 heterocycles. The summed E-state index contributed by atoms with van der Waals surface area (Å²) in [5.41, 5.74) is 0.326. The smallest absolute Gasteiger partial charge is 0.276 e. The number of ether oxygens (including phenoxy) is 1. The van der Waals surface area contributed by atoms with Crippen molar-refractivity contribution < 1.29 is 4.74 Å². The number of hydrogen-bond donors (Lipinski definition) is 0. The molecular formula is C9H10ClN3O2. The molecule has 0 atom stereocenters. The van der Waals surface area contributed by atoms with Gasteiger partial charge in [-0.15, -0.1) is 17.5 Å². The summed E-state index contributed by atoms with van der Waals surface area (Å²) in [5, 5.41) is 4.45. The number of halogens is 1. The van der Waals surface area contributed by atoms with Crippen LogP contribution in [0.4, 0.5) is 0 Å². The van der Waals surface area contributed by atoms with Gasteiger partial charge in [0.25, 0.3) is 11.4 Å². The highest BCUT2D eigenvalue weighted by atomic mass is 35.5. The summed E-state index contributed by atoms with van der Waals surface area (Å²) >= 11 is 0. The Hall–Kier alpha value is -1.62. The summed E-state index contributed by atoms with van der Waals surface area (Å²) in [6, 6.07) is 3.41. The first-order valence-corrected chi connectivity index (χ1v) is 4.10. The summed E-state index contributed by atoms with van der Waals surface area (Å²) in [5.74, 6) is 0.364. The molecule has 0 aliphatic carbocycles. The van der Waals surface area contributed by atoms with E-state index in [2.05, 4.69) is 10.1 Å². The topological polar surface area (TPSA) is 57.0 Å². The third kappa shape index (κ3) is 1.78. The lowest BCUT2D eigenvalue weighted by atomic mass is 10.3. The summed E-state index contributed by atoms with van der Waals surface area (Å²) < 4.78 is 6.27. The highest BCUT2D eigenvalue weighted by Gasteiger charge is 2.08. The van der Waals surface area contributed by atoms with Crippen LogP contribution in [0, 0.1) is 0 Å². The Morgan fingerprint density at radius 1 is 1.47 bits per heavy atom. The summed E-state index contributed by atoms with van der Waals surface area (Å²) in [6.45, 7) is 0. The van der Waals surface area contributed by atoms with Crippen LogP contribution in [0.3, 0.4) is 0 Å². The fraction of sp³-hybridized carbons (Fsp3) is 0.222. The molecule has 0 bridgehead atoms. The average molecular weight is 228 g/mol. The van der Waals surface area contributed by atoms with Gasteiger partial charge in [0.1, 0.15) is 5.52 Å². The molecule has 0 aliphatic rings. The lowest BCUT2D eigenvalue weighted by Crippen LogP contribution is -2.20. The molecule has 0 saturated heterocycles. The minimum Gasteiger partial charge on any atom is -0.478 e. The number of fused-ring (bicyclic) bond motifs is 1. The summed E-state index contributed by atoms with van der Waals surface area (Å²) in [4.78, 5) is 15.7. The van der Waals surface area contributed by atoms with E-state index >= 15 is 0 Å². The zero-order valence-corrected chi connectivity index (χ0v) is 9.11. The van der Waals surface area contributed by atoms with Crippen LogP contribution in [0.5, 0.6) is 5.88 Å². The SMILES string of the molecule is COc1nn(C)c(=O)c2cccnc12.Cl. The molecule has 6 heteroatoms. The van der Waals surface area contributed by atoms with E-state index in [1.807, 2.05) is 0 Å². The Morgan fingerprint density at radius 2 is 2.20 bits per heavy atom. The number of aryl methyl sites for hydroxylation is 1. The van der Waals surface area contributed by atoms with Gasteiger partial charge in [-0.25, -0.2) is 4.68 Å². The molecule has 0 spiro atoms. The largest absolute Gasteiger partial charge is 0.478 e. The van der Waals surface area contributed by atoms with Crippen molar-refractivity contribution in [2.45, 2.75) is 0 Å². The normalized spacial score (nSPS) is 9.73.